The Labute approximate surface area is 88.3 Å². The Bertz CT molecular complexity index is 141. The van der Waals surface area contributed by atoms with Crippen molar-refractivity contribution in [2.75, 3.05) is 19.7 Å². The fraction of sp³-hybridized carbons (Fsp3) is 1.00. The monoisotopic (exact) mass is 199 g/mol. The molecule has 0 amide bonds. The second-order valence-corrected chi connectivity index (χ2v) is 4.69. The van der Waals surface area contributed by atoms with Crippen molar-refractivity contribution in [3.8, 4) is 0 Å². The van der Waals surface area contributed by atoms with Gasteiger partial charge in [0.05, 0.1) is 6.61 Å². The minimum atomic E-state index is 0.310. The van der Waals surface area contributed by atoms with Crippen molar-refractivity contribution in [1.29, 1.82) is 0 Å². The van der Waals surface area contributed by atoms with Gasteiger partial charge in [0.15, 0.2) is 0 Å². The Hall–Kier alpha value is -0.0800. The van der Waals surface area contributed by atoms with Gasteiger partial charge in [-0.3, -0.25) is 4.90 Å². The van der Waals surface area contributed by atoms with Crippen LogP contribution in [0.4, 0.5) is 0 Å². The highest BCUT2D eigenvalue weighted by Gasteiger charge is 2.23. The van der Waals surface area contributed by atoms with E-state index in [1.165, 1.54) is 32.1 Å². The standard InChI is InChI=1S/C12H25NO/c1-3-7-13(8-9-14)12-6-4-5-11(2)10-12/h11-12,14H,3-10H2,1-2H3/t11-,12+/m0/s1. The summed E-state index contributed by atoms with van der Waals surface area (Å²) in [6.07, 6.45) is 6.64. The van der Waals surface area contributed by atoms with Crippen molar-refractivity contribution < 1.29 is 5.11 Å². The van der Waals surface area contributed by atoms with Crippen molar-refractivity contribution in [3.05, 3.63) is 0 Å². The molecule has 2 heteroatoms. The largest absolute Gasteiger partial charge is 0.395 e. The van der Waals surface area contributed by atoms with Crippen LogP contribution < -0.4 is 0 Å². The molecular formula is C12H25NO. The first-order valence-electron chi connectivity index (χ1n) is 6.12. The fourth-order valence-corrected chi connectivity index (χ4v) is 2.63. The van der Waals surface area contributed by atoms with E-state index in [1.54, 1.807) is 0 Å². The van der Waals surface area contributed by atoms with Crippen LogP contribution in [0.5, 0.6) is 0 Å². The lowest BCUT2D eigenvalue weighted by Crippen LogP contribution is -2.40. The van der Waals surface area contributed by atoms with Crippen LogP contribution in [0.3, 0.4) is 0 Å². The Morgan fingerprint density at radius 2 is 2.07 bits per heavy atom. The number of aliphatic hydroxyl groups is 1. The van der Waals surface area contributed by atoms with Crippen LogP contribution in [0.25, 0.3) is 0 Å². The summed E-state index contributed by atoms with van der Waals surface area (Å²) in [5, 5.41) is 9.02. The molecule has 0 aliphatic heterocycles. The Kier molecular flexibility index (Phi) is 5.49. The quantitative estimate of drug-likeness (QED) is 0.734. The second-order valence-electron chi connectivity index (χ2n) is 4.69. The average Bonchev–Trinajstić information content (AvgIpc) is 2.17. The van der Waals surface area contributed by atoms with Gasteiger partial charge in [-0.05, 0) is 31.7 Å². The third-order valence-electron chi connectivity index (χ3n) is 3.32. The van der Waals surface area contributed by atoms with Crippen LogP contribution in [-0.2, 0) is 0 Å². The number of nitrogens with zero attached hydrogens (tertiary/aromatic N) is 1. The van der Waals surface area contributed by atoms with Gasteiger partial charge in [-0.1, -0.05) is 26.7 Å². The Morgan fingerprint density at radius 3 is 2.64 bits per heavy atom. The van der Waals surface area contributed by atoms with Crippen molar-refractivity contribution in [1.82, 2.24) is 4.90 Å². The highest BCUT2D eigenvalue weighted by atomic mass is 16.3. The van der Waals surface area contributed by atoms with E-state index in [0.29, 0.717) is 6.61 Å². The molecule has 0 aromatic rings. The summed E-state index contributed by atoms with van der Waals surface area (Å²) in [7, 11) is 0. The van der Waals surface area contributed by atoms with E-state index in [-0.39, 0.29) is 0 Å². The highest BCUT2D eigenvalue weighted by molar-refractivity contribution is 4.78. The van der Waals surface area contributed by atoms with Crippen LogP contribution in [0.15, 0.2) is 0 Å². The average molecular weight is 199 g/mol. The van der Waals surface area contributed by atoms with E-state index in [4.69, 9.17) is 5.11 Å². The van der Waals surface area contributed by atoms with Crippen molar-refractivity contribution >= 4 is 0 Å². The number of aliphatic hydroxyl groups excluding tert-OH is 1. The summed E-state index contributed by atoms with van der Waals surface area (Å²) in [5.41, 5.74) is 0. The van der Waals surface area contributed by atoms with Crippen LogP contribution in [0.1, 0.15) is 46.0 Å². The molecule has 0 bridgehead atoms. The lowest BCUT2D eigenvalue weighted by Gasteiger charge is -2.36. The molecule has 2 atom stereocenters. The fourth-order valence-electron chi connectivity index (χ4n) is 2.63. The number of rotatable bonds is 5. The molecule has 84 valence electrons. The lowest BCUT2D eigenvalue weighted by atomic mass is 9.86. The van der Waals surface area contributed by atoms with Gasteiger partial charge in [0.1, 0.15) is 0 Å². The molecule has 2 nitrogen and oxygen atoms in total. The molecule has 1 fully saturated rings. The van der Waals surface area contributed by atoms with Gasteiger partial charge in [0.25, 0.3) is 0 Å². The molecule has 0 heterocycles. The maximum Gasteiger partial charge on any atom is 0.0558 e. The van der Waals surface area contributed by atoms with Crippen LogP contribution >= 0.6 is 0 Å². The number of hydrogen-bond acceptors (Lipinski definition) is 2. The highest BCUT2D eigenvalue weighted by Crippen LogP contribution is 2.27. The minimum Gasteiger partial charge on any atom is -0.395 e. The SMILES string of the molecule is CCCN(CCO)[C@@H]1CCC[C@H](C)C1. The summed E-state index contributed by atoms with van der Waals surface area (Å²) in [6.45, 7) is 6.90. The van der Waals surface area contributed by atoms with Gasteiger partial charge in [-0.15, -0.1) is 0 Å². The molecule has 14 heavy (non-hydrogen) atoms. The van der Waals surface area contributed by atoms with Gasteiger partial charge >= 0.3 is 0 Å². The summed E-state index contributed by atoms with van der Waals surface area (Å²) in [5.74, 6) is 0.881. The molecule has 1 aliphatic rings. The van der Waals surface area contributed by atoms with Crippen LogP contribution in [-0.4, -0.2) is 35.7 Å². The van der Waals surface area contributed by atoms with E-state index in [9.17, 15) is 0 Å². The third-order valence-corrected chi connectivity index (χ3v) is 3.32. The molecule has 0 radical (unpaired) electrons. The summed E-state index contributed by atoms with van der Waals surface area (Å²) in [6, 6.07) is 0.742. The molecule has 0 aromatic carbocycles. The second kappa shape index (κ2) is 6.41. The predicted molar refractivity (Wildman–Crippen MR) is 60.4 cm³/mol. The predicted octanol–water partition coefficient (Wildman–Crippen LogP) is 2.27. The first-order chi connectivity index (χ1) is 6.77. The third kappa shape index (κ3) is 3.58. The molecule has 0 saturated heterocycles. The zero-order valence-corrected chi connectivity index (χ0v) is 9.71. The van der Waals surface area contributed by atoms with Gasteiger partial charge in [0, 0.05) is 12.6 Å². The molecule has 0 aromatic heterocycles. The molecule has 1 rings (SSSR count). The lowest BCUT2D eigenvalue weighted by molar-refractivity contribution is 0.109. The summed E-state index contributed by atoms with van der Waals surface area (Å²) >= 11 is 0. The molecular weight excluding hydrogens is 174 g/mol. The van der Waals surface area contributed by atoms with E-state index in [0.717, 1.165) is 25.0 Å². The first kappa shape index (κ1) is 12.0. The van der Waals surface area contributed by atoms with E-state index >= 15 is 0 Å². The van der Waals surface area contributed by atoms with Crippen molar-refractivity contribution in [2.24, 2.45) is 5.92 Å². The summed E-state index contributed by atoms with van der Waals surface area (Å²) < 4.78 is 0. The maximum absolute atomic E-state index is 9.02. The zero-order chi connectivity index (χ0) is 10.4. The normalized spacial score (nSPS) is 28.3. The van der Waals surface area contributed by atoms with E-state index < -0.39 is 0 Å². The molecule has 1 N–H and O–H groups in total. The maximum atomic E-state index is 9.02. The van der Waals surface area contributed by atoms with Crippen molar-refractivity contribution in [2.45, 2.75) is 52.0 Å². The van der Waals surface area contributed by atoms with Crippen molar-refractivity contribution in [3.63, 3.8) is 0 Å². The smallest absolute Gasteiger partial charge is 0.0558 e. The molecule has 1 saturated carbocycles. The van der Waals surface area contributed by atoms with Gasteiger partial charge in [-0.25, -0.2) is 0 Å². The molecule has 0 unspecified atom stereocenters. The molecule has 1 aliphatic carbocycles. The van der Waals surface area contributed by atoms with E-state index in [2.05, 4.69) is 18.7 Å². The van der Waals surface area contributed by atoms with Gasteiger partial charge < -0.3 is 5.11 Å². The van der Waals surface area contributed by atoms with Crippen LogP contribution in [0, 0.1) is 5.92 Å². The minimum absolute atomic E-state index is 0.310. The Balaban J connectivity index is 2.39. The summed E-state index contributed by atoms with van der Waals surface area (Å²) in [4.78, 5) is 2.48. The van der Waals surface area contributed by atoms with Crippen LogP contribution in [0.2, 0.25) is 0 Å². The van der Waals surface area contributed by atoms with Gasteiger partial charge in [-0.2, -0.15) is 0 Å². The van der Waals surface area contributed by atoms with Gasteiger partial charge in [0.2, 0.25) is 0 Å². The Morgan fingerprint density at radius 1 is 1.29 bits per heavy atom. The van der Waals surface area contributed by atoms with E-state index in [1.807, 2.05) is 0 Å². The first-order valence-corrected chi connectivity index (χ1v) is 6.12. The number of hydrogen-bond donors (Lipinski definition) is 1. The zero-order valence-electron chi connectivity index (χ0n) is 9.71. The molecule has 0 spiro atoms. The topological polar surface area (TPSA) is 23.5 Å².